The van der Waals surface area contributed by atoms with Crippen molar-refractivity contribution in [1.82, 2.24) is 0 Å². The van der Waals surface area contributed by atoms with Crippen LogP contribution >= 0.6 is 0 Å². The van der Waals surface area contributed by atoms with Gasteiger partial charge >= 0.3 is 0 Å². The SMILES string of the molecule is O=C(C(O)(c1ccccc1)c1ccccc1O)C(O)(c1ccccc1)c1ccccc1O. The Balaban J connectivity index is 2.05. The second-order valence-corrected chi connectivity index (χ2v) is 7.52. The van der Waals surface area contributed by atoms with E-state index in [-0.39, 0.29) is 33.8 Å². The van der Waals surface area contributed by atoms with Gasteiger partial charge in [-0.3, -0.25) is 4.79 Å². The molecule has 0 aliphatic rings. The smallest absolute Gasteiger partial charge is 0.214 e. The summed E-state index contributed by atoms with van der Waals surface area (Å²) in [6.07, 6.45) is 0. The molecule has 0 amide bonds. The molecule has 160 valence electrons. The van der Waals surface area contributed by atoms with Gasteiger partial charge in [0.05, 0.1) is 0 Å². The molecule has 4 aromatic carbocycles. The minimum atomic E-state index is -2.43. The van der Waals surface area contributed by atoms with Gasteiger partial charge in [0.2, 0.25) is 5.78 Å². The molecular weight excluding hydrogens is 404 g/mol. The van der Waals surface area contributed by atoms with E-state index in [9.17, 15) is 25.2 Å². The Labute approximate surface area is 185 Å². The maximum atomic E-state index is 14.3. The maximum Gasteiger partial charge on any atom is 0.214 e. The minimum Gasteiger partial charge on any atom is -0.508 e. The number of carbonyl (C=O) groups excluding carboxylic acids is 1. The van der Waals surface area contributed by atoms with Crippen LogP contribution in [0.3, 0.4) is 0 Å². The fourth-order valence-corrected chi connectivity index (χ4v) is 4.00. The van der Waals surface area contributed by atoms with Crippen LogP contribution in [0.4, 0.5) is 0 Å². The van der Waals surface area contributed by atoms with Crippen LogP contribution in [-0.4, -0.2) is 26.2 Å². The number of phenols is 2. The molecule has 0 fully saturated rings. The second kappa shape index (κ2) is 8.30. The summed E-state index contributed by atoms with van der Waals surface area (Å²) in [5.41, 5.74) is -4.70. The lowest BCUT2D eigenvalue weighted by Crippen LogP contribution is -2.50. The third kappa shape index (κ3) is 3.34. The number of aliphatic hydroxyl groups is 2. The van der Waals surface area contributed by atoms with Crippen LogP contribution in [0.25, 0.3) is 0 Å². The van der Waals surface area contributed by atoms with Crippen molar-refractivity contribution in [3.8, 4) is 11.5 Å². The third-order valence-electron chi connectivity index (χ3n) is 5.63. The van der Waals surface area contributed by atoms with Crippen molar-refractivity contribution in [2.24, 2.45) is 0 Å². The quantitative estimate of drug-likeness (QED) is 0.376. The van der Waals surface area contributed by atoms with Crippen molar-refractivity contribution in [2.45, 2.75) is 11.2 Å². The van der Waals surface area contributed by atoms with Gasteiger partial charge in [-0.25, -0.2) is 0 Å². The predicted molar refractivity (Wildman–Crippen MR) is 120 cm³/mol. The summed E-state index contributed by atoms with van der Waals surface area (Å²) in [5, 5.41) is 45.2. The monoisotopic (exact) mass is 426 g/mol. The Morgan fingerprint density at radius 3 is 1.16 bits per heavy atom. The number of aromatic hydroxyl groups is 2. The number of phenolic OH excluding ortho intramolecular Hbond substituents is 2. The summed E-state index contributed by atoms with van der Waals surface area (Å²) in [7, 11) is 0. The lowest BCUT2D eigenvalue weighted by molar-refractivity contribution is -0.151. The maximum absolute atomic E-state index is 14.3. The van der Waals surface area contributed by atoms with Crippen LogP contribution < -0.4 is 0 Å². The molecule has 4 aromatic rings. The molecule has 2 unspecified atom stereocenters. The van der Waals surface area contributed by atoms with Crippen LogP contribution in [0.15, 0.2) is 109 Å². The van der Waals surface area contributed by atoms with Crippen LogP contribution in [0, 0.1) is 0 Å². The number of benzene rings is 4. The highest BCUT2D eigenvalue weighted by atomic mass is 16.3. The van der Waals surface area contributed by atoms with Crippen molar-refractivity contribution in [2.75, 3.05) is 0 Å². The Morgan fingerprint density at radius 1 is 0.500 bits per heavy atom. The third-order valence-corrected chi connectivity index (χ3v) is 5.63. The molecule has 0 saturated heterocycles. The lowest BCUT2D eigenvalue weighted by Gasteiger charge is -2.37. The van der Waals surface area contributed by atoms with Crippen molar-refractivity contribution in [3.05, 3.63) is 131 Å². The van der Waals surface area contributed by atoms with E-state index >= 15 is 0 Å². The highest BCUT2D eigenvalue weighted by Crippen LogP contribution is 2.45. The number of hydrogen-bond donors (Lipinski definition) is 4. The molecule has 0 aromatic heterocycles. The predicted octanol–water partition coefficient (Wildman–Crippen LogP) is 3.84. The number of Topliss-reactive ketones (excluding diaryl/α,β-unsaturated/α-hetero) is 1. The number of ketones is 1. The molecule has 4 N–H and O–H groups in total. The average Bonchev–Trinajstić information content (AvgIpc) is 2.84. The van der Waals surface area contributed by atoms with E-state index in [1.54, 1.807) is 84.9 Å². The first-order valence-electron chi connectivity index (χ1n) is 10.1. The number of rotatable bonds is 6. The summed E-state index contributed by atoms with van der Waals surface area (Å²) in [6, 6.07) is 28.1. The summed E-state index contributed by atoms with van der Waals surface area (Å²) in [5.74, 6) is -1.65. The largest absolute Gasteiger partial charge is 0.508 e. The number of carbonyl (C=O) groups is 1. The van der Waals surface area contributed by atoms with Gasteiger partial charge in [-0.2, -0.15) is 0 Å². The molecular formula is C27H22O5. The molecule has 5 heteroatoms. The topological polar surface area (TPSA) is 98.0 Å². The van der Waals surface area contributed by atoms with E-state index in [4.69, 9.17) is 0 Å². The molecule has 0 heterocycles. The van der Waals surface area contributed by atoms with Crippen LogP contribution in [-0.2, 0) is 16.0 Å². The molecule has 0 spiro atoms. The first kappa shape index (κ1) is 21.3. The first-order valence-corrected chi connectivity index (χ1v) is 10.1. The lowest BCUT2D eigenvalue weighted by atomic mass is 9.70. The molecule has 0 aliphatic carbocycles. The zero-order chi connectivity index (χ0) is 22.8. The number of hydrogen-bond acceptors (Lipinski definition) is 5. The molecule has 4 rings (SSSR count). The molecule has 0 bridgehead atoms. The molecule has 32 heavy (non-hydrogen) atoms. The Hall–Kier alpha value is -3.93. The van der Waals surface area contributed by atoms with Gasteiger partial charge < -0.3 is 20.4 Å². The average molecular weight is 426 g/mol. The number of para-hydroxylation sites is 2. The molecule has 2 atom stereocenters. The molecule has 0 saturated carbocycles. The normalized spacial score (nSPS) is 14.8. The van der Waals surface area contributed by atoms with Gasteiger partial charge in [-0.05, 0) is 23.3 Å². The van der Waals surface area contributed by atoms with Gasteiger partial charge in [-0.15, -0.1) is 0 Å². The van der Waals surface area contributed by atoms with E-state index < -0.39 is 17.0 Å². The highest BCUT2D eigenvalue weighted by molar-refractivity contribution is 6.02. The summed E-state index contributed by atoms with van der Waals surface area (Å²) < 4.78 is 0. The van der Waals surface area contributed by atoms with Gasteiger partial charge in [0, 0.05) is 11.1 Å². The summed E-state index contributed by atoms with van der Waals surface area (Å²) >= 11 is 0. The fraction of sp³-hybridized carbons (Fsp3) is 0.0741. The Bertz CT molecular complexity index is 1140. The van der Waals surface area contributed by atoms with Gasteiger partial charge in [-0.1, -0.05) is 97.1 Å². The van der Waals surface area contributed by atoms with Gasteiger partial charge in [0.1, 0.15) is 11.5 Å². The van der Waals surface area contributed by atoms with Crippen molar-refractivity contribution >= 4 is 5.78 Å². The molecule has 0 radical (unpaired) electrons. The van der Waals surface area contributed by atoms with Gasteiger partial charge in [0.25, 0.3) is 0 Å². The van der Waals surface area contributed by atoms with E-state index in [1.165, 1.54) is 24.3 Å². The van der Waals surface area contributed by atoms with Crippen LogP contribution in [0.1, 0.15) is 22.3 Å². The van der Waals surface area contributed by atoms with E-state index in [0.29, 0.717) is 0 Å². The van der Waals surface area contributed by atoms with Crippen LogP contribution in [0.5, 0.6) is 11.5 Å². The fourth-order valence-electron chi connectivity index (χ4n) is 4.00. The zero-order valence-corrected chi connectivity index (χ0v) is 17.1. The molecule has 0 aliphatic heterocycles. The Morgan fingerprint density at radius 2 is 0.812 bits per heavy atom. The van der Waals surface area contributed by atoms with E-state index in [0.717, 1.165) is 0 Å². The summed E-state index contributed by atoms with van der Waals surface area (Å²) in [6.45, 7) is 0. The zero-order valence-electron chi connectivity index (χ0n) is 17.1. The van der Waals surface area contributed by atoms with Crippen molar-refractivity contribution in [3.63, 3.8) is 0 Å². The Kier molecular flexibility index (Phi) is 5.53. The van der Waals surface area contributed by atoms with Gasteiger partial charge in [0.15, 0.2) is 11.2 Å². The van der Waals surface area contributed by atoms with E-state index in [1.807, 2.05) is 0 Å². The highest BCUT2D eigenvalue weighted by Gasteiger charge is 2.54. The minimum absolute atomic E-state index is 0.0824. The second-order valence-electron chi connectivity index (χ2n) is 7.52. The summed E-state index contributed by atoms with van der Waals surface area (Å²) in [4.78, 5) is 14.3. The van der Waals surface area contributed by atoms with E-state index in [2.05, 4.69) is 0 Å². The molecule has 5 nitrogen and oxygen atoms in total. The standard InChI is InChI=1S/C27H22O5/c28-23-17-9-7-15-21(23)26(31,19-11-3-1-4-12-19)25(30)27(32,20-13-5-2-6-14-20)22-16-8-10-18-24(22)29/h1-18,28-29,31-32H. The van der Waals surface area contributed by atoms with Crippen molar-refractivity contribution < 1.29 is 25.2 Å². The van der Waals surface area contributed by atoms with Crippen molar-refractivity contribution in [1.29, 1.82) is 0 Å². The first-order chi connectivity index (χ1) is 15.4. The van der Waals surface area contributed by atoms with Crippen LogP contribution in [0.2, 0.25) is 0 Å².